The number of pyridine rings is 1. The molecule has 0 radical (unpaired) electrons. The van der Waals surface area contributed by atoms with E-state index in [1.54, 1.807) is 11.1 Å². The number of nitrogens with zero attached hydrogens (tertiary/aromatic N) is 5. The SMILES string of the molecule is O=C(c1cnc2c(c1)ncn2C1CCCC1)N1CCN(C2CCCCC2)C(=O)C1. The van der Waals surface area contributed by atoms with E-state index in [2.05, 4.69) is 14.5 Å². The molecule has 0 bridgehead atoms. The Kier molecular flexibility index (Phi) is 4.97. The van der Waals surface area contributed by atoms with E-state index < -0.39 is 0 Å². The molecule has 2 saturated carbocycles. The Morgan fingerprint density at radius 1 is 0.931 bits per heavy atom. The number of hydrogen-bond acceptors (Lipinski definition) is 4. The summed E-state index contributed by atoms with van der Waals surface area (Å²) in [6.07, 6.45) is 14.2. The van der Waals surface area contributed by atoms with Gasteiger partial charge < -0.3 is 14.4 Å². The summed E-state index contributed by atoms with van der Waals surface area (Å²) < 4.78 is 2.16. The van der Waals surface area contributed by atoms with Crippen LogP contribution < -0.4 is 0 Å². The minimum absolute atomic E-state index is 0.0797. The number of amides is 2. The van der Waals surface area contributed by atoms with Crippen LogP contribution in [0.25, 0.3) is 11.2 Å². The van der Waals surface area contributed by atoms with E-state index in [9.17, 15) is 9.59 Å². The smallest absolute Gasteiger partial charge is 0.256 e. The number of imidazole rings is 1. The molecule has 2 aromatic heterocycles. The molecule has 3 fully saturated rings. The number of aromatic nitrogens is 3. The Morgan fingerprint density at radius 3 is 2.41 bits per heavy atom. The molecule has 1 saturated heterocycles. The van der Waals surface area contributed by atoms with E-state index in [-0.39, 0.29) is 18.4 Å². The Morgan fingerprint density at radius 2 is 1.66 bits per heavy atom. The molecule has 3 aliphatic rings. The molecule has 29 heavy (non-hydrogen) atoms. The molecule has 1 aliphatic heterocycles. The van der Waals surface area contributed by atoms with Gasteiger partial charge in [-0.05, 0) is 31.7 Å². The van der Waals surface area contributed by atoms with E-state index in [0.29, 0.717) is 30.7 Å². The molecule has 3 heterocycles. The zero-order valence-electron chi connectivity index (χ0n) is 16.9. The minimum atomic E-state index is -0.119. The van der Waals surface area contributed by atoms with Crippen LogP contribution in [0.1, 0.15) is 74.2 Å². The van der Waals surface area contributed by atoms with Crippen molar-refractivity contribution in [3.8, 4) is 0 Å². The first-order valence-corrected chi connectivity index (χ1v) is 11.1. The summed E-state index contributed by atoms with van der Waals surface area (Å²) in [5.41, 5.74) is 2.13. The average molecular weight is 396 g/mol. The number of carbonyl (C=O) groups excluding carboxylic acids is 2. The quantitative estimate of drug-likeness (QED) is 0.800. The molecular weight excluding hydrogens is 366 g/mol. The lowest BCUT2D eigenvalue weighted by Crippen LogP contribution is -2.55. The van der Waals surface area contributed by atoms with Gasteiger partial charge in [-0.15, -0.1) is 0 Å². The second kappa shape index (κ2) is 7.76. The summed E-state index contributed by atoms with van der Waals surface area (Å²) in [7, 11) is 0. The number of carbonyl (C=O) groups is 2. The molecule has 0 spiro atoms. The van der Waals surface area contributed by atoms with Crippen LogP contribution in [0, 0.1) is 0 Å². The van der Waals surface area contributed by atoms with Crippen molar-refractivity contribution in [3.63, 3.8) is 0 Å². The Labute approximate surface area is 171 Å². The first kappa shape index (κ1) is 18.6. The molecule has 5 rings (SSSR count). The highest BCUT2D eigenvalue weighted by Crippen LogP contribution is 2.31. The van der Waals surface area contributed by atoms with E-state index in [4.69, 9.17) is 0 Å². The van der Waals surface area contributed by atoms with Crippen LogP contribution in [0.15, 0.2) is 18.6 Å². The standard InChI is InChI=1S/C22H29N5O2/c28-20-14-25(10-11-26(20)17-6-2-1-3-7-17)22(29)16-12-19-21(23-13-16)27(15-24-19)18-8-4-5-9-18/h12-13,15,17-18H,1-11,14H2. The summed E-state index contributed by atoms with van der Waals surface area (Å²) in [4.78, 5) is 38.5. The van der Waals surface area contributed by atoms with Crippen LogP contribution in [-0.4, -0.2) is 61.8 Å². The Hall–Kier alpha value is -2.44. The number of hydrogen-bond donors (Lipinski definition) is 0. The molecule has 2 amide bonds. The van der Waals surface area contributed by atoms with Gasteiger partial charge in [-0.25, -0.2) is 9.97 Å². The molecule has 0 N–H and O–H groups in total. The van der Waals surface area contributed by atoms with Crippen LogP contribution in [0.4, 0.5) is 0 Å². The normalized spacial score (nSPS) is 22.0. The maximum Gasteiger partial charge on any atom is 0.256 e. The maximum absolute atomic E-state index is 13.0. The van der Waals surface area contributed by atoms with Crippen LogP contribution in [0.2, 0.25) is 0 Å². The molecule has 2 aliphatic carbocycles. The van der Waals surface area contributed by atoms with Crippen molar-refractivity contribution in [2.24, 2.45) is 0 Å². The van der Waals surface area contributed by atoms with Crippen molar-refractivity contribution >= 4 is 23.0 Å². The summed E-state index contributed by atoms with van der Waals surface area (Å²) in [5, 5.41) is 0. The zero-order chi connectivity index (χ0) is 19.8. The molecule has 0 aromatic carbocycles. The molecule has 7 heteroatoms. The van der Waals surface area contributed by atoms with Crippen molar-refractivity contribution in [2.75, 3.05) is 19.6 Å². The van der Waals surface area contributed by atoms with Gasteiger partial charge in [0.15, 0.2) is 5.65 Å². The first-order chi connectivity index (χ1) is 14.2. The lowest BCUT2D eigenvalue weighted by molar-refractivity contribution is -0.138. The third kappa shape index (κ3) is 3.51. The Bertz CT molecular complexity index is 911. The lowest BCUT2D eigenvalue weighted by Gasteiger charge is -2.40. The topological polar surface area (TPSA) is 71.3 Å². The van der Waals surface area contributed by atoms with Crippen molar-refractivity contribution in [1.29, 1.82) is 0 Å². The van der Waals surface area contributed by atoms with Gasteiger partial charge in [0.05, 0.1) is 11.9 Å². The summed E-state index contributed by atoms with van der Waals surface area (Å²) in [5.74, 6) is -0.0393. The predicted molar refractivity (Wildman–Crippen MR) is 110 cm³/mol. The van der Waals surface area contributed by atoms with Gasteiger partial charge in [0, 0.05) is 31.4 Å². The molecular formula is C22H29N5O2. The lowest BCUT2D eigenvalue weighted by atomic mass is 9.93. The van der Waals surface area contributed by atoms with Crippen molar-refractivity contribution in [3.05, 3.63) is 24.2 Å². The highest BCUT2D eigenvalue weighted by atomic mass is 16.2. The van der Waals surface area contributed by atoms with Gasteiger partial charge in [-0.3, -0.25) is 9.59 Å². The van der Waals surface area contributed by atoms with Crippen molar-refractivity contribution in [2.45, 2.75) is 69.9 Å². The number of rotatable bonds is 3. The van der Waals surface area contributed by atoms with Crippen LogP contribution in [0.3, 0.4) is 0 Å². The first-order valence-electron chi connectivity index (χ1n) is 11.1. The number of piperazine rings is 1. The van der Waals surface area contributed by atoms with Crippen molar-refractivity contribution < 1.29 is 9.59 Å². The zero-order valence-corrected chi connectivity index (χ0v) is 16.9. The van der Waals surface area contributed by atoms with E-state index >= 15 is 0 Å². The molecule has 0 unspecified atom stereocenters. The number of fused-ring (bicyclic) bond motifs is 1. The predicted octanol–water partition coefficient (Wildman–Crippen LogP) is 3.16. The van der Waals surface area contributed by atoms with E-state index in [1.807, 2.05) is 17.3 Å². The molecule has 2 aromatic rings. The molecule has 7 nitrogen and oxygen atoms in total. The van der Waals surface area contributed by atoms with Gasteiger partial charge in [-0.2, -0.15) is 0 Å². The highest BCUT2D eigenvalue weighted by molar-refractivity contribution is 5.98. The fraction of sp³-hybridized carbons (Fsp3) is 0.636. The monoisotopic (exact) mass is 395 g/mol. The third-order valence-corrected chi connectivity index (χ3v) is 6.94. The fourth-order valence-corrected chi connectivity index (χ4v) is 5.31. The third-order valence-electron chi connectivity index (χ3n) is 6.94. The second-order valence-electron chi connectivity index (χ2n) is 8.76. The largest absolute Gasteiger partial charge is 0.336 e. The average Bonchev–Trinajstić information content (AvgIpc) is 3.43. The van der Waals surface area contributed by atoms with E-state index in [1.165, 1.54) is 44.9 Å². The van der Waals surface area contributed by atoms with Gasteiger partial charge in [0.2, 0.25) is 5.91 Å². The Balaban J connectivity index is 1.29. The van der Waals surface area contributed by atoms with Crippen LogP contribution >= 0.6 is 0 Å². The molecule has 154 valence electrons. The summed E-state index contributed by atoms with van der Waals surface area (Å²) in [6, 6.07) is 2.67. The highest BCUT2D eigenvalue weighted by Gasteiger charge is 2.32. The van der Waals surface area contributed by atoms with Gasteiger partial charge >= 0.3 is 0 Å². The van der Waals surface area contributed by atoms with Gasteiger partial charge in [0.1, 0.15) is 12.1 Å². The van der Waals surface area contributed by atoms with Crippen molar-refractivity contribution in [1.82, 2.24) is 24.3 Å². The summed E-state index contributed by atoms with van der Waals surface area (Å²) in [6.45, 7) is 1.40. The van der Waals surface area contributed by atoms with Crippen LogP contribution in [-0.2, 0) is 4.79 Å². The molecule has 0 atom stereocenters. The van der Waals surface area contributed by atoms with E-state index in [0.717, 1.165) is 24.0 Å². The second-order valence-corrected chi connectivity index (χ2v) is 8.76. The maximum atomic E-state index is 13.0. The van der Waals surface area contributed by atoms with Gasteiger partial charge in [-0.1, -0.05) is 32.1 Å². The van der Waals surface area contributed by atoms with Crippen LogP contribution in [0.5, 0.6) is 0 Å². The minimum Gasteiger partial charge on any atom is -0.336 e. The van der Waals surface area contributed by atoms with Gasteiger partial charge in [0.25, 0.3) is 5.91 Å². The summed E-state index contributed by atoms with van der Waals surface area (Å²) >= 11 is 0. The fourth-order valence-electron chi connectivity index (χ4n) is 5.31.